The summed E-state index contributed by atoms with van der Waals surface area (Å²) in [6.45, 7) is 1.62. The first-order valence-electron chi connectivity index (χ1n) is 6.49. The van der Waals surface area contributed by atoms with Crippen LogP contribution >= 0.6 is 0 Å². The van der Waals surface area contributed by atoms with E-state index in [1.54, 1.807) is 18.6 Å². The summed E-state index contributed by atoms with van der Waals surface area (Å²) in [4.78, 5) is 15.2. The van der Waals surface area contributed by atoms with Gasteiger partial charge in [0, 0.05) is 37.2 Å². The van der Waals surface area contributed by atoms with Gasteiger partial charge < -0.3 is 10.0 Å². The fourth-order valence-electron chi connectivity index (χ4n) is 2.22. The molecule has 0 aliphatic carbocycles. The monoisotopic (exact) mass is 256 g/mol. The minimum atomic E-state index is -0.177. The minimum absolute atomic E-state index is 0.177. The van der Waals surface area contributed by atoms with Gasteiger partial charge in [-0.2, -0.15) is 0 Å². The van der Waals surface area contributed by atoms with Crippen molar-refractivity contribution < 1.29 is 5.11 Å². The standard InChI is InChI=1S/C14H16N4O/c19-12-4-7-18(8-5-12)14-16-9-11(10-17-14)13-3-1-2-6-15-13/h1-3,6,9-10,12,19H,4-5,7-8H2. The van der Waals surface area contributed by atoms with Crippen molar-refractivity contribution in [2.24, 2.45) is 0 Å². The molecule has 0 bridgehead atoms. The quantitative estimate of drug-likeness (QED) is 0.882. The van der Waals surface area contributed by atoms with Crippen molar-refractivity contribution in [2.45, 2.75) is 18.9 Å². The smallest absolute Gasteiger partial charge is 0.225 e. The van der Waals surface area contributed by atoms with E-state index in [9.17, 15) is 5.11 Å². The van der Waals surface area contributed by atoms with Crippen molar-refractivity contribution in [3.05, 3.63) is 36.8 Å². The van der Waals surface area contributed by atoms with E-state index in [1.807, 2.05) is 18.2 Å². The molecular weight excluding hydrogens is 240 g/mol. The summed E-state index contributed by atoms with van der Waals surface area (Å²) in [7, 11) is 0. The molecule has 0 aromatic carbocycles. The molecule has 5 heteroatoms. The predicted molar refractivity (Wildman–Crippen MR) is 72.7 cm³/mol. The maximum Gasteiger partial charge on any atom is 0.225 e. The number of aromatic nitrogens is 3. The fraction of sp³-hybridized carbons (Fsp3) is 0.357. The summed E-state index contributed by atoms with van der Waals surface area (Å²) in [5.41, 5.74) is 1.80. The van der Waals surface area contributed by atoms with Gasteiger partial charge in [0.2, 0.25) is 5.95 Å². The second kappa shape index (κ2) is 5.32. The lowest BCUT2D eigenvalue weighted by Crippen LogP contribution is -2.36. The zero-order valence-electron chi connectivity index (χ0n) is 10.6. The number of aliphatic hydroxyl groups excluding tert-OH is 1. The van der Waals surface area contributed by atoms with Gasteiger partial charge in [0.1, 0.15) is 0 Å². The van der Waals surface area contributed by atoms with Crippen LogP contribution in [0.5, 0.6) is 0 Å². The molecule has 2 aromatic rings. The summed E-state index contributed by atoms with van der Waals surface area (Å²) in [6, 6.07) is 5.77. The predicted octanol–water partition coefficient (Wildman–Crippen LogP) is 1.50. The van der Waals surface area contributed by atoms with Gasteiger partial charge in [0.15, 0.2) is 0 Å². The van der Waals surface area contributed by atoms with E-state index in [-0.39, 0.29) is 6.10 Å². The highest BCUT2D eigenvalue weighted by Gasteiger charge is 2.18. The molecule has 1 aliphatic rings. The second-order valence-electron chi connectivity index (χ2n) is 4.70. The van der Waals surface area contributed by atoms with Crippen LogP contribution in [0.25, 0.3) is 11.3 Å². The number of piperidine rings is 1. The number of rotatable bonds is 2. The Balaban J connectivity index is 1.76. The number of hydrogen-bond acceptors (Lipinski definition) is 5. The Labute approximate surface area is 112 Å². The molecule has 1 fully saturated rings. The van der Waals surface area contributed by atoms with Crippen LogP contribution in [-0.2, 0) is 0 Å². The average Bonchev–Trinajstić information content (AvgIpc) is 2.49. The highest BCUT2D eigenvalue weighted by molar-refractivity contribution is 5.57. The Morgan fingerprint density at radius 1 is 1.05 bits per heavy atom. The van der Waals surface area contributed by atoms with Gasteiger partial charge in [-0.15, -0.1) is 0 Å². The first kappa shape index (κ1) is 12.0. The van der Waals surface area contributed by atoms with Crippen LogP contribution in [0, 0.1) is 0 Å². The minimum Gasteiger partial charge on any atom is -0.393 e. The molecule has 1 saturated heterocycles. The van der Waals surface area contributed by atoms with Crippen LogP contribution in [0.1, 0.15) is 12.8 Å². The topological polar surface area (TPSA) is 62.1 Å². The lowest BCUT2D eigenvalue weighted by Gasteiger charge is -2.29. The van der Waals surface area contributed by atoms with Crippen LogP contribution in [-0.4, -0.2) is 39.3 Å². The van der Waals surface area contributed by atoms with Crippen molar-refractivity contribution in [1.82, 2.24) is 15.0 Å². The molecule has 5 nitrogen and oxygen atoms in total. The first-order valence-corrected chi connectivity index (χ1v) is 6.49. The van der Waals surface area contributed by atoms with Gasteiger partial charge in [-0.1, -0.05) is 6.07 Å². The van der Waals surface area contributed by atoms with E-state index in [1.165, 1.54) is 0 Å². The highest BCUT2D eigenvalue weighted by Crippen LogP contribution is 2.19. The Bertz CT molecular complexity index is 521. The number of anilines is 1. The molecule has 1 N–H and O–H groups in total. The average molecular weight is 256 g/mol. The van der Waals surface area contributed by atoms with Crippen LogP contribution < -0.4 is 4.90 Å². The molecule has 3 rings (SSSR count). The van der Waals surface area contributed by atoms with Crippen molar-refractivity contribution in [3.8, 4) is 11.3 Å². The maximum absolute atomic E-state index is 9.49. The van der Waals surface area contributed by atoms with Crippen molar-refractivity contribution in [3.63, 3.8) is 0 Å². The fourth-order valence-corrected chi connectivity index (χ4v) is 2.22. The molecule has 0 amide bonds. The SMILES string of the molecule is OC1CCN(c2ncc(-c3ccccn3)cn2)CC1. The lowest BCUT2D eigenvalue weighted by atomic mass is 10.1. The number of pyridine rings is 1. The van der Waals surface area contributed by atoms with Gasteiger partial charge in [-0.3, -0.25) is 4.98 Å². The zero-order chi connectivity index (χ0) is 13.1. The summed E-state index contributed by atoms with van der Waals surface area (Å²) in [5, 5.41) is 9.49. The van der Waals surface area contributed by atoms with Crippen LogP contribution in [0.4, 0.5) is 5.95 Å². The number of aliphatic hydroxyl groups is 1. The van der Waals surface area contributed by atoms with Crippen LogP contribution in [0.2, 0.25) is 0 Å². The van der Waals surface area contributed by atoms with Gasteiger partial charge in [0.05, 0.1) is 11.8 Å². The van der Waals surface area contributed by atoms with E-state index < -0.39 is 0 Å². The molecule has 0 spiro atoms. The lowest BCUT2D eigenvalue weighted by molar-refractivity contribution is 0.145. The summed E-state index contributed by atoms with van der Waals surface area (Å²) in [6.07, 6.45) is 6.75. The Kier molecular flexibility index (Phi) is 3.37. The number of nitrogens with zero attached hydrogens (tertiary/aromatic N) is 4. The first-order chi connectivity index (χ1) is 9.33. The Morgan fingerprint density at radius 3 is 2.42 bits per heavy atom. The zero-order valence-corrected chi connectivity index (χ0v) is 10.6. The molecule has 3 heterocycles. The highest BCUT2D eigenvalue weighted by atomic mass is 16.3. The largest absolute Gasteiger partial charge is 0.393 e. The molecule has 0 saturated carbocycles. The molecule has 2 aromatic heterocycles. The molecule has 19 heavy (non-hydrogen) atoms. The molecule has 0 atom stereocenters. The summed E-state index contributed by atoms with van der Waals surface area (Å²) in [5.74, 6) is 0.728. The third kappa shape index (κ3) is 2.71. The third-order valence-corrected chi connectivity index (χ3v) is 3.35. The van der Waals surface area contributed by atoms with E-state index >= 15 is 0 Å². The van der Waals surface area contributed by atoms with E-state index in [0.717, 1.165) is 43.1 Å². The molecule has 98 valence electrons. The summed E-state index contributed by atoms with van der Waals surface area (Å²) >= 11 is 0. The van der Waals surface area contributed by atoms with Crippen LogP contribution in [0.3, 0.4) is 0 Å². The normalized spacial score (nSPS) is 16.6. The maximum atomic E-state index is 9.49. The Hall–Kier alpha value is -2.01. The van der Waals surface area contributed by atoms with E-state index in [0.29, 0.717) is 0 Å². The van der Waals surface area contributed by atoms with Crippen LogP contribution in [0.15, 0.2) is 36.8 Å². The number of hydrogen-bond donors (Lipinski definition) is 1. The van der Waals surface area contributed by atoms with Crippen molar-refractivity contribution >= 4 is 5.95 Å². The summed E-state index contributed by atoms with van der Waals surface area (Å²) < 4.78 is 0. The van der Waals surface area contributed by atoms with Gasteiger partial charge in [-0.05, 0) is 25.0 Å². The van der Waals surface area contributed by atoms with E-state index in [2.05, 4.69) is 19.9 Å². The molecule has 0 unspecified atom stereocenters. The third-order valence-electron chi connectivity index (χ3n) is 3.35. The van der Waals surface area contributed by atoms with Gasteiger partial charge in [0.25, 0.3) is 0 Å². The molecule has 1 aliphatic heterocycles. The molecule has 0 radical (unpaired) electrons. The Morgan fingerprint density at radius 2 is 1.79 bits per heavy atom. The van der Waals surface area contributed by atoms with E-state index in [4.69, 9.17) is 0 Å². The second-order valence-corrected chi connectivity index (χ2v) is 4.70. The van der Waals surface area contributed by atoms with Crippen molar-refractivity contribution in [1.29, 1.82) is 0 Å². The van der Waals surface area contributed by atoms with Gasteiger partial charge >= 0.3 is 0 Å². The molecular formula is C14H16N4O. The van der Waals surface area contributed by atoms with Crippen molar-refractivity contribution in [2.75, 3.05) is 18.0 Å². The van der Waals surface area contributed by atoms with Gasteiger partial charge in [-0.25, -0.2) is 9.97 Å².